The zero-order valence-corrected chi connectivity index (χ0v) is 17.1. The van der Waals surface area contributed by atoms with Gasteiger partial charge in [0.25, 0.3) is 5.91 Å². The summed E-state index contributed by atoms with van der Waals surface area (Å²) in [5, 5.41) is 5.95. The number of amides is 3. The number of benzene rings is 1. The zero-order valence-electron chi connectivity index (χ0n) is 17.1. The standard InChI is InChI=1S/C22H34N4O2/c1-2-23-22(28)26-14-7-10-20(17-26)18-8-6-9-19(16-18)21(27)24-11-15-25-12-4-3-5-13-25/h6,8-9,16,20H,2-5,7,10-15,17H2,1H3,(H,23,28)(H,24,27). The van der Waals surface area contributed by atoms with Crippen LogP contribution in [-0.4, -0.2) is 67.6 Å². The van der Waals surface area contributed by atoms with Crippen LogP contribution in [0.15, 0.2) is 24.3 Å². The molecule has 0 aliphatic carbocycles. The van der Waals surface area contributed by atoms with Crippen LogP contribution in [-0.2, 0) is 0 Å². The van der Waals surface area contributed by atoms with E-state index in [0.717, 1.165) is 44.6 Å². The number of likely N-dealkylation sites (tertiary alicyclic amines) is 2. The third-order valence-electron chi connectivity index (χ3n) is 5.82. The number of piperidine rings is 2. The number of carbonyl (C=O) groups is 2. The summed E-state index contributed by atoms with van der Waals surface area (Å²) in [7, 11) is 0. The van der Waals surface area contributed by atoms with Gasteiger partial charge < -0.3 is 20.4 Å². The van der Waals surface area contributed by atoms with E-state index in [2.05, 4.69) is 21.6 Å². The van der Waals surface area contributed by atoms with Crippen LogP contribution < -0.4 is 10.6 Å². The van der Waals surface area contributed by atoms with E-state index in [1.807, 2.05) is 30.0 Å². The molecule has 28 heavy (non-hydrogen) atoms. The van der Waals surface area contributed by atoms with Gasteiger partial charge in [0.15, 0.2) is 0 Å². The fourth-order valence-corrected chi connectivity index (χ4v) is 4.24. The van der Waals surface area contributed by atoms with E-state index < -0.39 is 0 Å². The highest BCUT2D eigenvalue weighted by atomic mass is 16.2. The molecule has 0 saturated carbocycles. The van der Waals surface area contributed by atoms with Crippen LogP contribution >= 0.6 is 0 Å². The van der Waals surface area contributed by atoms with Gasteiger partial charge in [0.2, 0.25) is 0 Å². The van der Waals surface area contributed by atoms with Crippen molar-refractivity contribution in [2.45, 2.75) is 44.9 Å². The molecule has 2 heterocycles. The minimum absolute atomic E-state index is 0.00440. The Hall–Kier alpha value is -2.08. The van der Waals surface area contributed by atoms with Crippen molar-refractivity contribution in [1.29, 1.82) is 0 Å². The predicted octanol–water partition coefficient (Wildman–Crippen LogP) is 2.81. The van der Waals surface area contributed by atoms with Crippen molar-refractivity contribution in [2.24, 2.45) is 0 Å². The third-order valence-corrected chi connectivity index (χ3v) is 5.82. The second-order valence-electron chi connectivity index (χ2n) is 7.90. The second kappa shape index (κ2) is 10.5. The van der Waals surface area contributed by atoms with Crippen molar-refractivity contribution < 1.29 is 9.59 Å². The van der Waals surface area contributed by atoms with Crippen molar-refractivity contribution in [3.05, 3.63) is 35.4 Å². The second-order valence-corrected chi connectivity index (χ2v) is 7.90. The van der Waals surface area contributed by atoms with E-state index in [1.54, 1.807) is 0 Å². The van der Waals surface area contributed by atoms with Crippen molar-refractivity contribution in [3.8, 4) is 0 Å². The van der Waals surface area contributed by atoms with Gasteiger partial charge in [0.1, 0.15) is 0 Å². The molecule has 0 spiro atoms. The normalized spacial score (nSPS) is 20.6. The lowest BCUT2D eigenvalue weighted by molar-refractivity contribution is 0.0946. The molecule has 0 bridgehead atoms. The quantitative estimate of drug-likeness (QED) is 0.790. The van der Waals surface area contributed by atoms with Crippen LogP contribution in [0.25, 0.3) is 0 Å². The lowest BCUT2D eigenvalue weighted by Crippen LogP contribution is -2.44. The molecule has 6 nitrogen and oxygen atoms in total. The average molecular weight is 387 g/mol. The van der Waals surface area contributed by atoms with Gasteiger partial charge in [-0.25, -0.2) is 4.79 Å². The molecule has 1 aromatic rings. The lowest BCUT2D eigenvalue weighted by atomic mass is 9.89. The summed E-state index contributed by atoms with van der Waals surface area (Å²) in [6.45, 7) is 8.02. The Balaban J connectivity index is 1.53. The lowest BCUT2D eigenvalue weighted by Gasteiger charge is -2.33. The maximum atomic E-state index is 12.6. The number of nitrogens with one attached hydrogen (secondary N) is 2. The van der Waals surface area contributed by atoms with E-state index in [9.17, 15) is 9.59 Å². The van der Waals surface area contributed by atoms with Gasteiger partial charge in [-0.1, -0.05) is 18.6 Å². The van der Waals surface area contributed by atoms with Crippen LogP contribution in [0.5, 0.6) is 0 Å². The average Bonchev–Trinajstić information content (AvgIpc) is 2.75. The summed E-state index contributed by atoms with van der Waals surface area (Å²) in [4.78, 5) is 29.0. The summed E-state index contributed by atoms with van der Waals surface area (Å²) in [6, 6.07) is 7.93. The van der Waals surface area contributed by atoms with Gasteiger partial charge in [-0.15, -0.1) is 0 Å². The first-order valence-electron chi connectivity index (χ1n) is 10.8. The number of hydrogen-bond acceptors (Lipinski definition) is 3. The molecule has 3 rings (SSSR count). The molecular formula is C22H34N4O2. The molecule has 154 valence electrons. The van der Waals surface area contributed by atoms with E-state index >= 15 is 0 Å². The Morgan fingerprint density at radius 3 is 2.68 bits per heavy atom. The molecule has 1 atom stereocenters. The van der Waals surface area contributed by atoms with Crippen molar-refractivity contribution in [1.82, 2.24) is 20.4 Å². The summed E-state index contributed by atoms with van der Waals surface area (Å²) in [5.74, 6) is 0.285. The zero-order chi connectivity index (χ0) is 19.8. The number of rotatable bonds is 6. The van der Waals surface area contributed by atoms with Crippen LogP contribution in [0.1, 0.15) is 60.9 Å². The highest BCUT2D eigenvalue weighted by Crippen LogP contribution is 2.27. The molecule has 0 aromatic heterocycles. The molecule has 2 fully saturated rings. The van der Waals surface area contributed by atoms with Gasteiger partial charge >= 0.3 is 6.03 Å². The number of nitrogens with zero attached hydrogens (tertiary/aromatic N) is 2. The fraction of sp³-hybridized carbons (Fsp3) is 0.636. The molecule has 6 heteroatoms. The summed E-state index contributed by atoms with van der Waals surface area (Å²) in [5.41, 5.74) is 1.86. The molecule has 2 saturated heterocycles. The van der Waals surface area contributed by atoms with E-state index in [4.69, 9.17) is 0 Å². The number of urea groups is 1. The highest BCUT2D eigenvalue weighted by molar-refractivity contribution is 5.94. The van der Waals surface area contributed by atoms with E-state index in [-0.39, 0.29) is 17.9 Å². The van der Waals surface area contributed by atoms with Crippen LogP contribution in [0, 0.1) is 0 Å². The largest absolute Gasteiger partial charge is 0.351 e. The first-order valence-corrected chi connectivity index (χ1v) is 10.8. The SMILES string of the molecule is CCNC(=O)N1CCCC(c2cccc(C(=O)NCCN3CCCCC3)c2)C1. The van der Waals surface area contributed by atoms with Gasteiger partial charge in [-0.05, 0) is 63.4 Å². The topological polar surface area (TPSA) is 64.7 Å². The Labute approximate surface area is 168 Å². The maximum absolute atomic E-state index is 12.6. The smallest absolute Gasteiger partial charge is 0.317 e. The van der Waals surface area contributed by atoms with Crippen molar-refractivity contribution >= 4 is 11.9 Å². The summed E-state index contributed by atoms with van der Waals surface area (Å²) < 4.78 is 0. The molecule has 0 radical (unpaired) electrons. The summed E-state index contributed by atoms with van der Waals surface area (Å²) in [6.07, 6.45) is 5.91. The van der Waals surface area contributed by atoms with E-state index in [0.29, 0.717) is 25.2 Å². The fourth-order valence-electron chi connectivity index (χ4n) is 4.24. The highest BCUT2D eigenvalue weighted by Gasteiger charge is 2.25. The molecule has 2 aliphatic rings. The Bertz CT molecular complexity index is 658. The molecule has 2 aliphatic heterocycles. The van der Waals surface area contributed by atoms with Gasteiger partial charge in [-0.3, -0.25) is 4.79 Å². The van der Waals surface area contributed by atoms with Gasteiger partial charge in [-0.2, -0.15) is 0 Å². The minimum atomic E-state index is -0.00440. The van der Waals surface area contributed by atoms with E-state index in [1.165, 1.54) is 19.3 Å². The van der Waals surface area contributed by atoms with Crippen molar-refractivity contribution in [3.63, 3.8) is 0 Å². The van der Waals surface area contributed by atoms with Gasteiger partial charge in [0, 0.05) is 44.2 Å². The Morgan fingerprint density at radius 2 is 1.89 bits per heavy atom. The molecule has 2 N–H and O–H groups in total. The first kappa shape index (κ1) is 20.6. The third kappa shape index (κ3) is 5.71. The molecular weight excluding hydrogens is 352 g/mol. The number of carbonyl (C=O) groups excluding carboxylic acids is 2. The van der Waals surface area contributed by atoms with Crippen LogP contribution in [0.3, 0.4) is 0 Å². The minimum Gasteiger partial charge on any atom is -0.351 e. The number of hydrogen-bond donors (Lipinski definition) is 2. The predicted molar refractivity (Wildman–Crippen MR) is 112 cm³/mol. The first-order chi connectivity index (χ1) is 13.7. The molecule has 1 aromatic carbocycles. The van der Waals surface area contributed by atoms with Gasteiger partial charge in [0.05, 0.1) is 0 Å². The maximum Gasteiger partial charge on any atom is 0.317 e. The molecule has 3 amide bonds. The van der Waals surface area contributed by atoms with Crippen LogP contribution in [0.4, 0.5) is 4.79 Å². The monoisotopic (exact) mass is 386 g/mol. The Morgan fingerprint density at radius 1 is 1.07 bits per heavy atom. The molecule has 1 unspecified atom stereocenters. The summed E-state index contributed by atoms with van der Waals surface area (Å²) >= 11 is 0. The van der Waals surface area contributed by atoms with Crippen LogP contribution in [0.2, 0.25) is 0 Å². The van der Waals surface area contributed by atoms with Crippen molar-refractivity contribution in [2.75, 3.05) is 45.8 Å². The Kier molecular flexibility index (Phi) is 7.71.